The summed E-state index contributed by atoms with van der Waals surface area (Å²) in [5.41, 5.74) is -4.49. The van der Waals surface area contributed by atoms with E-state index in [0.29, 0.717) is 12.8 Å². The number of nitrogens with zero attached hydrogens (tertiary/aromatic N) is 1. The largest absolute Gasteiger partial charge is 0.457 e. The maximum Gasteiger partial charge on any atom is 0.457 e. The molecule has 0 aromatic heterocycles. The van der Waals surface area contributed by atoms with Crippen molar-refractivity contribution in [1.29, 1.82) is 0 Å². The minimum Gasteiger partial charge on any atom is -0.272 e. The molecule has 1 aliphatic carbocycles. The Morgan fingerprint density at radius 2 is 1.82 bits per heavy atom. The van der Waals surface area contributed by atoms with Crippen LogP contribution in [0.1, 0.15) is 12.8 Å². The number of carbonyl (C=O) groups is 1. The average molecular weight is 261 g/mol. The molecule has 17 heavy (non-hydrogen) atoms. The Labute approximate surface area is 98.9 Å². The van der Waals surface area contributed by atoms with Gasteiger partial charge in [-0.05, 0) is 25.0 Å². The summed E-state index contributed by atoms with van der Waals surface area (Å²) >= 11 is 0. The molecule has 1 aromatic rings. The number of carbonyl (C=O) groups excluding carboxylic acids is 1. The summed E-state index contributed by atoms with van der Waals surface area (Å²) in [7, 11) is -2.34. The van der Waals surface area contributed by atoms with Gasteiger partial charge >= 0.3 is 5.51 Å². The Morgan fingerprint density at radius 3 is 2.29 bits per heavy atom. The molecule has 1 amide bonds. The van der Waals surface area contributed by atoms with E-state index >= 15 is 0 Å². The molecule has 92 valence electrons. The van der Waals surface area contributed by atoms with Gasteiger partial charge in [-0.15, -0.1) is 0 Å². The molecule has 1 unspecified atom stereocenters. The van der Waals surface area contributed by atoms with Crippen molar-refractivity contribution < 1.29 is 18.0 Å². The van der Waals surface area contributed by atoms with Crippen molar-refractivity contribution in [2.45, 2.75) is 23.2 Å². The van der Waals surface area contributed by atoms with E-state index in [1.807, 2.05) is 0 Å². The van der Waals surface area contributed by atoms with E-state index in [9.17, 15) is 18.0 Å². The second kappa shape index (κ2) is 4.60. The second-order valence-corrected chi connectivity index (χ2v) is 5.43. The zero-order chi connectivity index (χ0) is 12.5. The molecule has 0 N–H and O–H groups in total. The normalized spacial score (nSPS) is 18.1. The van der Waals surface area contributed by atoms with Crippen LogP contribution in [0, 0.1) is 5.92 Å². The van der Waals surface area contributed by atoms with Gasteiger partial charge in [0.15, 0.2) is 0 Å². The molecule has 2 nitrogen and oxygen atoms in total. The smallest absolute Gasteiger partial charge is 0.272 e. The predicted octanol–water partition coefficient (Wildman–Crippen LogP) is 3.30. The first-order chi connectivity index (χ1) is 7.98. The van der Waals surface area contributed by atoms with Crippen LogP contribution in [0.25, 0.3) is 0 Å². The number of halogens is 3. The highest BCUT2D eigenvalue weighted by molar-refractivity contribution is 7.88. The van der Waals surface area contributed by atoms with E-state index in [1.54, 1.807) is 6.07 Å². The molecule has 1 atom stereocenters. The Bertz CT molecular complexity index is 452. The number of hydrogen-bond acceptors (Lipinski definition) is 1. The minimum absolute atomic E-state index is 0.0361. The molecular formula is C11H10F3NOS. The number of amides is 1. The van der Waals surface area contributed by atoms with Gasteiger partial charge in [0.1, 0.15) is 0 Å². The Balaban J connectivity index is 2.35. The van der Waals surface area contributed by atoms with Crippen molar-refractivity contribution in [3.63, 3.8) is 0 Å². The first-order valence-electron chi connectivity index (χ1n) is 5.10. The molecular weight excluding hydrogens is 251 g/mol. The van der Waals surface area contributed by atoms with Crippen molar-refractivity contribution >= 4 is 16.6 Å². The SMILES string of the molecule is O=C(N=S(c1ccccc1)C(F)(F)F)C1CC1. The molecule has 0 spiro atoms. The molecule has 0 saturated heterocycles. The molecule has 1 aromatic carbocycles. The van der Waals surface area contributed by atoms with Crippen LogP contribution in [0.15, 0.2) is 39.6 Å². The number of alkyl halides is 3. The van der Waals surface area contributed by atoms with Gasteiger partial charge in [0, 0.05) is 21.5 Å². The van der Waals surface area contributed by atoms with Gasteiger partial charge in [0.2, 0.25) is 0 Å². The van der Waals surface area contributed by atoms with Gasteiger partial charge in [-0.2, -0.15) is 17.5 Å². The summed E-state index contributed by atoms with van der Waals surface area (Å²) in [4.78, 5) is 11.4. The van der Waals surface area contributed by atoms with Crippen LogP contribution in [0.4, 0.5) is 13.2 Å². The minimum atomic E-state index is -4.49. The third-order valence-electron chi connectivity index (χ3n) is 2.29. The lowest BCUT2D eigenvalue weighted by Gasteiger charge is -2.11. The van der Waals surface area contributed by atoms with E-state index in [1.165, 1.54) is 24.3 Å². The van der Waals surface area contributed by atoms with Gasteiger partial charge in [-0.3, -0.25) is 4.79 Å². The summed E-state index contributed by atoms with van der Waals surface area (Å²) < 4.78 is 41.8. The van der Waals surface area contributed by atoms with Gasteiger partial charge in [-0.1, -0.05) is 18.2 Å². The summed E-state index contributed by atoms with van der Waals surface area (Å²) in [6, 6.07) is 7.35. The molecule has 0 aliphatic heterocycles. The molecule has 1 fully saturated rings. The monoisotopic (exact) mass is 261 g/mol. The lowest BCUT2D eigenvalue weighted by Crippen LogP contribution is -2.18. The number of benzene rings is 1. The van der Waals surface area contributed by atoms with Crippen LogP contribution in [-0.4, -0.2) is 11.4 Å². The predicted molar refractivity (Wildman–Crippen MR) is 58.3 cm³/mol. The van der Waals surface area contributed by atoms with Crippen LogP contribution < -0.4 is 0 Å². The zero-order valence-corrected chi connectivity index (χ0v) is 9.59. The Hall–Kier alpha value is -1.17. The summed E-state index contributed by atoms with van der Waals surface area (Å²) in [5.74, 6) is -0.898. The standard InChI is InChI=1S/C11H10F3NOS/c12-11(13,14)17(9-4-2-1-3-5-9)15-10(16)8-6-7-8/h1-5,8H,6-7H2. The molecule has 0 heterocycles. The number of hydrogen-bond donors (Lipinski definition) is 0. The van der Waals surface area contributed by atoms with Crippen LogP contribution in [0.3, 0.4) is 0 Å². The van der Waals surface area contributed by atoms with Crippen LogP contribution in [0.2, 0.25) is 0 Å². The molecule has 0 bridgehead atoms. The fourth-order valence-corrected chi connectivity index (χ4v) is 2.50. The van der Waals surface area contributed by atoms with E-state index < -0.39 is 22.1 Å². The third-order valence-corrected chi connectivity index (χ3v) is 3.81. The maximum atomic E-state index is 12.8. The Morgan fingerprint density at radius 1 is 1.24 bits per heavy atom. The van der Waals surface area contributed by atoms with E-state index in [0.717, 1.165) is 0 Å². The van der Waals surface area contributed by atoms with Gasteiger partial charge in [0.05, 0.1) is 0 Å². The third kappa shape index (κ3) is 3.15. The highest BCUT2D eigenvalue weighted by Crippen LogP contribution is 2.33. The fourth-order valence-electron chi connectivity index (χ4n) is 1.28. The van der Waals surface area contributed by atoms with E-state index in [4.69, 9.17) is 0 Å². The first-order valence-corrected chi connectivity index (χ1v) is 6.28. The van der Waals surface area contributed by atoms with E-state index in [2.05, 4.69) is 4.36 Å². The quantitative estimate of drug-likeness (QED) is 0.803. The summed E-state index contributed by atoms with van der Waals surface area (Å²) in [6.45, 7) is 0. The lowest BCUT2D eigenvalue weighted by molar-refractivity contribution is -0.118. The highest BCUT2D eigenvalue weighted by atomic mass is 32.2. The lowest BCUT2D eigenvalue weighted by atomic mass is 10.4. The molecule has 1 saturated carbocycles. The van der Waals surface area contributed by atoms with Crippen molar-refractivity contribution in [1.82, 2.24) is 0 Å². The number of rotatable bonds is 2. The highest BCUT2D eigenvalue weighted by Gasteiger charge is 2.38. The van der Waals surface area contributed by atoms with Gasteiger partial charge in [0.25, 0.3) is 5.91 Å². The van der Waals surface area contributed by atoms with E-state index in [-0.39, 0.29) is 10.8 Å². The first kappa shape index (κ1) is 12.3. The molecule has 0 radical (unpaired) electrons. The summed E-state index contributed by atoms with van der Waals surface area (Å²) in [5, 5.41) is 0. The van der Waals surface area contributed by atoms with Crippen molar-refractivity contribution in [3.8, 4) is 0 Å². The van der Waals surface area contributed by atoms with Gasteiger partial charge in [-0.25, -0.2) is 0 Å². The van der Waals surface area contributed by atoms with Crippen LogP contribution in [-0.2, 0) is 15.5 Å². The van der Waals surface area contributed by atoms with Crippen LogP contribution in [0.5, 0.6) is 0 Å². The molecule has 1 aliphatic rings. The second-order valence-electron chi connectivity index (χ2n) is 3.75. The topological polar surface area (TPSA) is 29.4 Å². The fraction of sp³-hybridized carbons (Fsp3) is 0.364. The maximum absolute atomic E-state index is 12.8. The van der Waals surface area contributed by atoms with Crippen molar-refractivity contribution in [3.05, 3.63) is 30.3 Å². The summed E-state index contributed by atoms with van der Waals surface area (Å²) in [6.07, 6.45) is 1.32. The Kier molecular flexibility index (Phi) is 3.33. The van der Waals surface area contributed by atoms with Crippen molar-refractivity contribution in [2.75, 3.05) is 0 Å². The zero-order valence-electron chi connectivity index (χ0n) is 8.78. The average Bonchev–Trinajstić information content (AvgIpc) is 3.09. The van der Waals surface area contributed by atoms with Crippen molar-refractivity contribution in [2.24, 2.45) is 10.3 Å². The molecule has 2 rings (SSSR count). The van der Waals surface area contributed by atoms with Crippen LogP contribution >= 0.6 is 0 Å². The molecule has 6 heteroatoms. The van der Waals surface area contributed by atoms with Gasteiger partial charge < -0.3 is 0 Å².